The zero-order valence-corrected chi connectivity index (χ0v) is 9.51. The predicted octanol–water partition coefficient (Wildman–Crippen LogP) is 2.66. The Balaban J connectivity index is 2.36. The average molecular weight is 205 g/mol. The first-order valence-electron chi connectivity index (χ1n) is 5.67. The summed E-state index contributed by atoms with van der Waals surface area (Å²) in [4.78, 5) is 0. The standard InChI is InChI=1S/C13H19NO/c1-13(2,15)11-6-7-12-10(9-11)5-3-4-8-14-12/h6-7,9,14-15H,3-5,8H2,1-2H3. The monoisotopic (exact) mass is 205 g/mol. The van der Waals surface area contributed by atoms with Crippen molar-refractivity contribution in [3.63, 3.8) is 0 Å². The van der Waals surface area contributed by atoms with Crippen LogP contribution in [-0.4, -0.2) is 11.7 Å². The molecule has 0 spiro atoms. The van der Waals surface area contributed by atoms with Gasteiger partial charge in [-0.25, -0.2) is 0 Å². The quantitative estimate of drug-likeness (QED) is 0.738. The van der Waals surface area contributed by atoms with Crippen molar-refractivity contribution >= 4 is 5.69 Å². The third-order valence-electron chi connectivity index (χ3n) is 3.00. The molecule has 2 nitrogen and oxygen atoms in total. The fraction of sp³-hybridized carbons (Fsp3) is 0.538. The molecule has 0 saturated heterocycles. The molecule has 1 heterocycles. The van der Waals surface area contributed by atoms with Crippen molar-refractivity contribution in [3.05, 3.63) is 29.3 Å². The van der Waals surface area contributed by atoms with Gasteiger partial charge in [-0.15, -0.1) is 0 Å². The molecular weight excluding hydrogens is 186 g/mol. The van der Waals surface area contributed by atoms with Crippen molar-refractivity contribution in [1.82, 2.24) is 0 Å². The van der Waals surface area contributed by atoms with E-state index in [0.717, 1.165) is 18.5 Å². The molecule has 0 radical (unpaired) electrons. The van der Waals surface area contributed by atoms with E-state index in [1.807, 2.05) is 19.9 Å². The second-order valence-corrected chi connectivity index (χ2v) is 4.81. The lowest BCUT2D eigenvalue weighted by Crippen LogP contribution is -2.15. The molecule has 2 heteroatoms. The van der Waals surface area contributed by atoms with Gasteiger partial charge in [0.2, 0.25) is 0 Å². The Morgan fingerprint density at radius 3 is 2.80 bits per heavy atom. The molecular formula is C13H19NO. The molecule has 1 aromatic rings. The Kier molecular flexibility index (Phi) is 2.70. The lowest BCUT2D eigenvalue weighted by molar-refractivity contribution is 0.0785. The molecule has 15 heavy (non-hydrogen) atoms. The van der Waals surface area contributed by atoms with E-state index in [2.05, 4.69) is 17.4 Å². The number of anilines is 1. The van der Waals surface area contributed by atoms with Crippen molar-refractivity contribution in [3.8, 4) is 0 Å². The van der Waals surface area contributed by atoms with E-state index in [-0.39, 0.29) is 0 Å². The maximum Gasteiger partial charge on any atom is 0.0840 e. The fourth-order valence-corrected chi connectivity index (χ4v) is 2.02. The summed E-state index contributed by atoms with van der Waals surface area (Å²) in [5.74, 6) is 0. The summed E-state index contributed by atoms with van der Waals surface area (Å²) in [5.41, 5.74) is 2.85. The van der Waals surface area contributed by atoms with Gasteiger partial charge in [-0.2, -0.15) is 0 Å². The highest BCUT2D eigenvalue weighted by Crippen LogP contribution is 2.27. The van der Waals surface area contributed by atoms with E-state index in [0.29, 0.717) is 0 Å². The van der Waals surface area contributed by atoms with Crippen LogP contribution in [-0.2, 0) is 12.0 Å². The number of fused-ring (bicyclic) bond motifs is 1. The molecule has 2 N–H and O–H groups in total. The number of rotatable bonds is 1. The zero-order chi connectivity index (χ0) is 10.9. The minimum atomic E-state index is -0.735. The molecule has 1 aromatic carbocycles. The number of aryl methyl sites for hydroxylation is 1. The fourth-order valence-electron chi connectivity index (χ4n) is 2.02. The highest BCUT2D eigenvalue weighted by atomic mass is 16.3. The largest absolute Gasteiger partial charge is 0.386 e. The summed E-state index contributed by atoms with van der Waals surface area (Å²) < 4.78 is 0. The van der Waals surface area contributed by atoms with Crippen LogP contribution in [0.1, 0.15) is 37.8 Å². The van der Waals surface area contributed by atoms with Gasteiger partial charge in [0, 0.05) is 12.2 Å². The molecule has 0 amide bonds. The molecule has 0 saturated carbocycles. The second-order valence-electron chi connectivity index (χ2n) is 4.81. The highest BCUT2D eigenvalue weighted by molar-refractivity contribution is 5.54. The molecule has 0 aromatic heterocycles. The topological polar surface area (TPSA) is 32.3 Å². The summed E-state index contributed by atoms with van der Waals surface area (Å²) in [6, 6.07) is 6.23. The van der Waals surface area contributed by atoms with Crippen LogP contribution < -0.4 is 5.32 Å². The Morgan fingerprint density at radius 2 is 2.07 bits per heavy atom. The first kappa shape index (κ1) is 10.5. The van der Waals surface area contributed by atoms with Gasteiger partial charge in [-0.05, 0) is 50.3 Å². The van der Waals surface area contributed by atoms with Gasteiger partial charge in [-0.3, -0.25) is 0 Å². The second kappa shape index (κ2) is 3.86. The van der Waals surface area contributed by atoms with E-state index >= 15 is 0 Å². The summed E-state index contributed by atoms with van der Waals surface area (Å²) in [6.45, 7) is 4.73. The Hall–Kier alpha value is -1.02. The van der Waals surface area contributed by atoms with Crippen molar-refractivity contribution < 1.29 is 5.11 Å². The van der Waals surface area contributed by atoms with E-state index < -0.39 is 5.60 Å². The van der Waals surface area contributed by atoms with Crippen LogP contribution in [0.3, 0.4) is 0 Å². The normalized spacial score (nSPS) is 16.5. The summed E-state index contributed by atoms with van der Waals surface area (Å²) >= 11 is 0. The first-order valence-corrected chi connectivity index (χ1v) is 5.67. The van der Waals surface area contributed by atoms with Crippen molar-refractivity contribution in [2.45, 2.75) is 38.7 Å². The van der Waals surface area contributed by atoms with Gasteiger partial charge < -0.3 is 10.4 Å². The van der Waals surface area contributed by atoms with Gasteiger partial charge in [0.15, 0.2) is 0 Å². The molecule has 1 aliphatic heterocycles. The third-order valence-corrected chi connectivity index (χ3v) is 3.00. The average Bonchev–Trinajstić information content (AvgIpc) is 2.39. The molecule has 82 valence electrons. The van der Waals surface area contributed by atoms with Crippen LogP contribution in [0.25, 0.3) is 0 Å². The lowest BCUT2D eigenvalue weighted by Gasteiger charge is -2.19. The maximum atomic E-state index is 9.94. The molecule has 0 atom stereocenters. The number of benzene rings is 1. The number of nitrogens with one attached hydrogen (secondary N) is 1. The van der Waals surface area contributed by atoms with Crippen molar-refractivity contribution in [2.75, 3.05) is 11.9 Å². The van der Waals surface area contributed by atoms with Crippen LogP contribution >= 0.6 is 0 Å². The number of aliphatic hydroxyl groups is 1. The SMILES string of the molecule is CC(C)(O)c1ccc2c(c1)CCCCN2. The zero-order valence-electron chi connectivity index (χ0n) is 9.51. The molecule has 0 unspecified atom stereocenters. The van der Waals surface area contributed by atoms with Gasteiger partial charge in [-0.1, -0.05) is 12.1 Å². The molecule has 2 rings (SSSR count). The van der Waals surface area contributed by atoms with Crippen LogP contribution in [0.2, 0.25) is 0 Å². The Morgan fingerprint density at radius 1 is 1.27 bits per heavy atom. The van der Waals surface area contributed by atoms with E-state index in [4.69, 9.17) is 0 Å². The van der Waals surface area contributed by atoms with Crippen molar-refractivity contribution in [2.24, 2.45) is 0 Å². The smallest absolute Gasteiger partial charge is 0.0840 e. The highest BCUT2D eigenvalue weighted by Gasteiger charge is 2.17. The Labute approximate surface area is 91.3 Å². The first-order chi connectivity index (χ1) is 7.07. The summed E-state index contributed by atoms with van der Waals surface area (Å²) in [7, 11) is 0. The van der Waals surface area contributed by atoms with Gasteiger partial charge in [0.25, 0.3) is 0 Å². The maximum absolute atomic E-state index is 9.94. The molecule has 0 bridgehead atoms. The predicted molar refractivity (Wildman–Crippen MR) is 63.1 cm³/mol. The van der Waals surface area contributed by atoms with E-state index in [1.54, 1.807) is 0 Å². The van der Waals surface area contributed by atoms with Crippen molar-refractivity contribution in [1.29, 1.82) is 0 Å². The number of hydrogen-bond donors (Lipinski definition) is 2. The van der Waals surface area contributed by atoms with Gasteiger partial charge >= 0.3 is 0 Å². The Bertz CT molecular complexity index is 352. The molecule has 0 aliphatic carbocycles. The minimum absolute atomic E-state index is 0.735. The minimum Gasteiger partial charge on any atom is -0.386 e. The molecule has 1 aliphatic rings. The third kappa shape index (κ3) is 2.32. The van der Waals surface area contributed by atoms with Crippen LogP contribution in [0.5, 0.6) is 0 Å². The van der Waals surface area contributed by atoms with Crippen LogP contribution in [0.15, 0.2) is 18.2 Å². The van der Waals surface area contributed by atoms with Crippen LogP contribution in [0, 0.1) is 0 Å². The van der Waals surface area contributed by atoms with Crippen LogP contribution in [0.4, 0.5) is 5.69 Å². The number of hydrogen-bond acceptors (Lipinski definition) is 2. The van der Waals surface area contributed by atoms with E-state index in [1.165, 1.54) is 24.1 Å². The lowest BCUT2D eigenvalue weighted by atomic mass is 9.94. The molecule has 0 fully saturated rings. The van der Waals surface area contributed by atoms with Gasteiger partial charge in [0.1, 0.15) is 0 Å². The van der Waals surface area contributed by atoms with E-state index in [9.17, 15) is 5.11 Å². The summed E-state index contributed by atoms with van der Waals surface area (Å²) in [5, 5.41) is 13.4. The summed E-state index contributed by atoms with van der Waals surface area (Å²) in [6.07, 6.45) is 3.58. The van der Waals surface area contributed by atoms with Gasteiger partial charge in [0.05, 0.1) is 5.60 Å².